The fourth-order valence-corrected chi connectivity index (χ4v) is 4.87. The molecule has 0 bridgehead atoms. The third kappa shape index (κ3) is 5.32. The number of rotatable bonds is 7. The number of hydrogen-bond donors (Lipinski definition) is 0. The molecule has 170 valence electrons. The number of benzene rings is 2. The van der Waals surface area contributed by atoms with E-state index in [9.17, 15) is 9.59 Å². The van der Waals surface area contributed by atoms with Crippen molar-refractivity contribution in [2.24, 2.45) is 5.92 Å². The lowest BCUT2D eigenvalue weighted by Gasteiger charge is -2.35. The van der Waals surface area contributed by atoms with Crippen LogP contribution in [-0.4, -0.2) is 54.4 Å². The van der Waals surface area contributed by atoms with Crippen LogP contribution in [-0.2, 0) is 4.79 Å². The van der Waals surface area contributed by atoms with Crippen molar-refractivity contribution in [2.75, 3.05) is 32.8 Å². The quantitative estimate of drug-likeness (QED) is 0.633. The van der Waals surface area contributed by atoms with E-state index in [-0.39, 0.29) is 17.7 Å². The van der Waals surface area contributed by atoms with Crippen LogP contribution in [0.3, 0.4) is 0 Å². The van der Waals surface area contributed by atoms with Gasteiger partial charge in [0.2, 0.25) is 5.91 Å². The summed E-state index contributed by atoms with van der Waals surface area (Å²) < 4.78 is 6.04. The van der Waals surface area contributed by atoms with Crippen LogP contribution in [0.5, 0.6) is 5.75 Å². The van der Waals surface area contributed by atoms with Gasteiger partial charge in [-0.05, 0) is 61.9 Å². The van der Waals surface area contributed by atoms with E-state index in [2.05, 4.69) is 19.1 Å². The number of piperidine rings is 1. The molecule has 2 aliphatic rings. The van der Waals surface area contributed by atoms with Crippen molar-refractivity contribution in [3.05, 3.63) is 65.7 Å². The molecular formula is C27H34N2O3. The Labute approximate surface area is 191 Å². The van der Waals surface area contributed by atoms with Crippen molar-refractivity contribution in [3.8, 4) is 5.75 Å². The Morgan fingerprint density at radius 3 is 2.31 bits per heavy atom. The van der Waals surface area contributed by atoms with Gasteiger partial charge in [0.15, 0.2) is 0 Å². The first-order chi connectivity index (χ1) is 15.7. The minimum atomic E-state index is -0.0726. The number of carbonyl (C=O) groups is 2. The van der Waals surface area contributed by atoms with Gasteiger partial charge in [-0.3, -0.25) is 9.59 Å². The van der Waals surface area contributed by atoms with Gasteiger partial charge in [0.1, 0.15) is 5.75 Å². The van der Waals surface area contributed by atoms with Crippen LogP contribution in [0.1, 0.15) is 60.9 Å². The fraction of sp³-hybridized carbons (Fsp3) is 0.481. The van der Waals surface area contributed by atoms with E-state index in [4.69, 9.17) is 4.74 Å². The predicted molar refractivity (Wildman–Crippen MR) is 126 cm³/mol. The summed E-state index contributed by atoms with van der Waals surface area (Å²) in [5.74, 6) is 1.37. The maximum atomic E-state index is 13.2. The van der Waals surface area contributed by atoms with Crippen LogP contribution < -0.4 is 4.74 Å². The molecule has 2 saturated heterocycles. The Hall–Kier alpha value is -2.82. The Kier molecular flexibility index (Phi) is 7.46. The number of likely N-dealkylation sites (tertiary alicyclic amines) is 2. The topological polar surface area (TPSA) is 49.9 Å². The summed E-state index contributed by atoms with van der Waals surface area (Å²) in [6, 6.07) is 17.6. The second kappa shape index (κ2) is 10.7. The normalized spacial score (nSPS) is 19.6. The minimum absolute atomic E-state index is 0.0726. The molecule has 2 amide bonds. The number of hydrogen-bond acceptors (Lipinski definition) is 3. The van der Waals surface area contributed by atoms with Crippen LogP contribution >= 0.6 is 0 Å². The van der Waals surface area contributed by atoms with E-state index < -0.39 is 0 Å². The van der Waals surface area contributed by atoms with Crippen molar-refractivity contribution >= 4 is 11.8 Å². The highest BCUT2D eigenvalue weighted by atomic mass is 16.5. The summed E-state index contributed by atoms with van der Waals surface area (Å²) in [6.07, 6.45) is 5.07. The average molecular weight is 435 g/mol. The Bertz CT molecular complexity index is 891. The molecule has 4 rings (SSSR count). The maximum Gasteiger partial charge on any atom is 0.253 e. The second-order valence-corrected chi connectivity index (χ2v) is 9.00. The lowest BCUT2D eigenvalue weighted by Crippen LogP contribution is -2.43. The summed E-state index contributed by atoms with van der Waals surface area (Å²) in [4.78, 5) is 29.6. The first kappa shape index (κ1) is 22.4. The Morgan fingerprint density at radius 1 is 0.938 bits per heavy atom. The second-order valence-electron chi connectivity index (χ2n) is 9.00. The molecule has 5 nitrogen and oxygen atoms in total. The molecule has 0 spiro atoms. The van der Waals surface area contributed by atoms with Crippen LogP contribution in [0.4, 0.5) is 0 Å². The van der Waals surface area contributed by atoms with Crippen LogP contribution in [0.2, 0.25) is 0 Å². The van der Waals surface area contributed by atoms with E-state index in [1.807, 2.05) is 52.3 Å². The van der Waals surface area contributed by atoms with Gasteiger partial charge in [-0.15, -0.1) is 0 Å². The first-order valence-electron chi connectivity index (χ1n) is 12.0. The van der Waals surface area contributed by atoms with Crippen LogP contribution in [0, 0.1) is 5.92 Å². The van der Waals surface area contributed by atoms with E-state index in [0.29, 0.717) is 12.5 Å². The summed E-state index contributed by atoms with van der Waals surface area (Å²) in [7, 11) is 0. The molecule has 2 fully saturated rings. The molecule has 32 heavy (non-hydrogen) atoms. The van der Waals surface area contributed by atoms with Crippen molar-refractivity contribution in [1.82, 2.24) is 9.80 Å². The van der Waals surface area contributed by atoms with E-state index in [1.165, 1.54) is 0 Å². The molecular weight excluding hydrogens is 400 g/mol. The van der Waals surface area contributed by atoms with E-state index in [0.717, 1.165) is 75.2 Å². The van der Waals surface area contributed by atoms with Crippen molar-refractivity contribution in [2.45, 2.75) is 44.9 Å². The number of nitrogens with zero attached hydrogens (tertiary/aromatic N) is 2. The lowest BCUT2D eigenvalue weighted by atomic mass is 9.92. The van der Waals surface area contributed by atoms with Gasteiger partial charge in [-0.1, -0.05) is 37.3 Å². The molecule has 2 aromatic rings. The van der Waals surface area contributed by atoms with E-state index >= 15 is 0 Å². The molecule has 0 unspecified atom stereocenters. The molecule has 2 atom stereocenters. The zero-order chi connectivity index (χ0) is 22.3. The zero-order valence-corrected chi connectivity index (χ0v) is 19.0. The van der Waals surface area contributed by atoms with Crippen LogP contribution in [0.25, 0.3) is 0 Å². The van der Waals surface area contributed by atoms with Gasteiger partial charge in [0.05, 0.1) is 12.5 Å². The Balaban J connectivity index is 1.30. The molecule has 2 aliphatic heterocycles. The lowest BCUT2D eigenvalue weighted by molar-refractivity contribution is -0.135. The summed E-state index contributed by atoms with van der Waals surface area (Å²) in [6.45, 7) is 5.96. The number of carbonyl (C=O) groups excluding carboxylic acids is 2. The minimum Gasteiger partial charge on any atom is -0.493 e. The molecule has 0 N–H and O–H groups in total. The summed E-state index contributed by atoms with van der Waals surface area (Å²) in [5, 5.41) is 0. The predicted octanol–water partition coefficient (Wildman–Crippen LogP) is 4.73. The summed E-state index contributed by atoms with van der Waals surface area (Å²) in [5.41, 5.74) is 1.82. The maximum absolute atomic E-state index is 13.2. The van der Waals surface area contributed by atoms with Gasteiger partial charge in [-0.2, -0.15) is 0 Å². The van der Waals surface area contributed by atoms with Gasteiger partial charge in [-0.25, -0.2) is 0 Å². The average Bonchev–Trinajstić information content (AvgIpc) is 3.39. The third-order valence-electron chi connectivity index (χ3n) is 6.72. The molecule has 5 heteroatoms. The van der Waals surface area contributed by atoms with Crippen molar-refractivity contribution in [3.63, 3.8) is 0 Å². The SMILES string of the molecule is CC[C@H](C(=O)N1CCC[C@H](COc2ccc(C(=O)N3CCCC3)cc2)C1)c1ccccc1. The monoisotopic (exact) mass is 434 g/mol. The van der Waals surface area contributed by atoms with Gasteiger partial charge >= 0.3 is 0 Å². The largest absolute Gasteiger partial charge is 0.493 e. The number of amides is 2. The van der Waals surface area contributed by atoms with Crippen LogP contribution in [0.15, 0.2) is 54.6 Å². The highest BCUT2D eigenvalue weighted by Gasteiger charge is 2.29. The van der Waals surface area contributed by atoms with Crippen molar-refractivity contribution < 1.29 is 14.3 Å². The molecule has 0 radical (unpaired) electrons. The molecule has 0 saturated carbocycles. The highest BCUT2D eigenvalue weighted by molar-refractivity contribution is 5.94. The van der Waals surface area contributed by atoms with Crippen molar-refractivity contribution in [1.29, 1.82) is 0 Å². The smallest absolute Gasteiger partial charge is 0.253 e. The Morgan fingerprint density at radius 2 is 1.62 bits per heavy atom. The zero-order valence-electron chi connectivity index (χ0n) is 19.0. The fourth-order valence-electron chi connectivity index (χ4n) is 4.87. The first-order valence-corrected chi connectivity index (χ1v) is 12.0. The third-order valence-corrected chi connectivity index (χ3v) is 6.72. The standard InChI is InChI=1S/C27H34N2O3/c1-2-25(22-10-4-3-5-11-22)27(31)29-18-8-9-21(19-29)20-32-24-14-12-23(13-15-24)26(30)28-16-6-7-17-28/h3-5,10-15,21,25H,2,6-9,16-20H2,1H3/t21-,25-/m0/s1. The number of ether oxygens (including phenoxy) is 1. The highest BCUT2D eigenvalue weighted by Crippen LogP contribution is 2.26. The molecule has 0 aromatic heterocycles. The molecule has 0 aliphatic carbocycles. The molecule has 2 heterocycles. The van der Waals surface area contributed by atoms with Gasteiger partial charge < -0.3 is 14.5 Å². The van der Waals surface area contributed by atoms with E-state index in [1.54, 1.807) is 0 Å². The van der Waals surface area contributed by atoms with Gasteiger partial charge in [0, 0.05) is 37.7 Å². The summed E-state index contributed by atoms with van der Waals surface area (Å²) >= 11 is 0. The molecule has 2 aromatic carbocycles. The van der Waals surface area contributed by atoms with Gasteiger partial charge in [0.25, 0.3) is 5.91 Å².